The van der Waals surface area contributed by atoms with Crippen molar-refractivity contribution in [3.63, 3.8) is 0 Å². The maximum atomic E-state index is 5.79. The molecule has 1 saturated carbocycles. The molecule has 4 rings (SSSR count). The molecule has 0 N–H and O–H groups in total. The van der Waals surface area contributed by atoms with E-state index in [1.165, 1.54) is 23.3 Å². The van der Waals surface area contributed by atoms with E-state index < -0.39 is 0 Å². The highest BCUT2D eigenvalue weighted by atomic mass is 32.2. The maximum Gasteiger partial charge on any atom is 0.203 e. The van der Waals surface area contributed by atoms with Crippen LogP contribution in [0.15, 0.2) is 59.5 Å². The lowest BCUT2D eigenvalue weighted by Gasteiger charge is -2.16. The molecule has 0 unspecified atom stereocenters. The molecule has 1 heterocycles. The summed E-state index contributed by atoms with van der Waals surface area (Å²) in [4.78, 5) is 3.54. The third kappa shape index (κ3) is 4.18. The zero-order valence-corrected chi connectivity index (χ0v) is 17.3. The molecule has 0 amide bonds. The molecule has 2 aromatic carbocycles. The smallest absolute Gasteiger partial charge is 0.203 e. The first-order chi connectivity index (χ1) is 13.2. The van der Waals surface area contributed by atoms with Crippen molar-refractivity contribution in [2.45, 2.75) is 36.9 Å². The van der Waals surface area contributed by atoms with Crippen LogP contribution in [-0.2, 0) is 13.2 Å². The number of nitrogens with zero attached hydrogens (tertiary/aromatic N) is 4. The number of para-hydroxylation sites is 1. The fourth-order valence-electron chi connectivity index (χ4n) is 3.26. The van der Waals surface area contributed by atoms with Gasteiger partial charge in [-0.05, 0) is 68.2 Å². The van der Waals surface area contributed by atoms with Crippen LogP contribution in [0.25, 0.3) is 5.69 Å². The predicted octanol–water partition coefficient (Wildman–Crippen LogP) is 5.09. The van der Waals surface area contributed by atoms with Crippen LogP contribution >= 0.6 is 24.0 Å². The van der Waals surface area contributed by atoms with E-state index in [-0.39, 0.29) is 0 Å². The van der Waals surface area contributed by atoms with Gasteiger partial charge in [0.05, 0.1) is 6.67 Å². The van der Waals surface area contributed by atoms with E-state index in [2.05, 4.69) is 71.3 Å². The second kappa shape index (κ2) is 8.00. The molecule has 0 atom stereocenters. The first-order valence-electron chi connectivity index (χ1n) is 9.22. The zero-order chi connectivity index (χ0) is 18.8. The summed E-state index contributed by atoms with van der Waals surface area (Å²) in [5.74, 6) is 1.64. The first kappa shape index (κ1) is 18.5. The van der Waals surface area contributed by atoms with Gasteiger partial charge in [-0.3, -0.25) is 9.47 Å². The van der Waals surface area contributed by atoms with E-state index >= 15 is 0 Å². The van der Waals surface area contributed by atoms with Gasteiger partial charge in [-0.2, -0.15) is 5.10 Å². The number of rotatable bonds is 7. The van der Waals surface area contributed by atoms with Crippen molar-refractivity contribution in [2.75, 3.05) is 13.3 Å². The Labute approximate surface area is 169 Å². The Kier molecular flexibility index (Phi) is 5.48. The molecule has 0 spiro atoms. The topological polar surface area (TPSA) is 26.0 Å². The lowest BCUT2D eigenvalue weighted by atomic mass is 10.2. The zero-order valence-electron chi connectivity index (χ0n) is 15.7. The van der Waals surface area contributed by atoms with Crippen molar-refractivity contribution in [3.05, 3.63) is 70.8 Å². The summed E-state index contributed by atoms with van der Waals surface area (Å²) in [5, 5.41) is 4.89. The summed E-state index contributed by atoms with van der Waals surface area (Å²) in [7, 11) is 2.11. The van der Waals surface area contributed by atoms with Crippen molar-refractivity contribution in [2.24, 2.45) is 0 Å². The van der Waals surface area contributed by atoms with Crippen LogP contribution in [0.3, 0.4) is 0 Å². The summed E-state index contributed by atoms with van der Waals surface area (Å²) in [6.45, 7) is 1.55. The Bertz CT molecular complexity index is 956. The molecule has 0 saturated heterocycles. The van der Waals surface area contributed by atoms with Crippen molar-refractivity contribution >= 4 is 24.0 Å². The molecular formula is C21H24N4S2. The molecule has 1 aromatic heterocycles. The lowest BCUT2D eigenvalue weighted by Crippen LogP contribution is -2.22. The molecule has 1 aliphatic carbocycles. The van der Waals surface area contributed by atoms with E-state index in [1.807, 2.05) is 10.7 Å². The Hall–Kier alpha value is -1.89. The molecule has 4 nitrogen and oxygen atoms in total. The molecule has 27 heavy (non-hydrogen) atoms. The lowest BCUT2D eigenvalue weighted by molar-refractivity contribution is 0.243. The molecule has 6 heteroatoms. The third-order valence-electron chi connectivity index (χ3n) is 4.81. The second-order valence-corrected chi connectivity index (χ2v) is 8.33. The molecule has 3 aromatic rings. The summed E-state index contributed by atoms with van der Waals surface area (Å²) in [6.07, 6.45) is 4.51. The third-order valence-corrected chi connectivity index (χ3v) is 5.95. The monoisotopic (exact) mass is 396 g/mol. The van der Waals surface area contributed by atoms with Gasteiger partial charge in [0, 0.05) is 23.0 Å². The highest BCUT2D eigenvalue weighted by Gasteiger charge is 2.30. The number of hydrogen-bond acceptors (Lipinski definition) is 4. The van der Waals surface area contributed by atoms with Crippen LogP contribution < -0.4 is 0 Å². The average molecular weight is 397 g/mol. The largest absolute Gasteiger partial charge is 0.283 e. The standard InChI is InChI=1S/C21H24N4S2/c1-23(14-16-8-12-19(27-2)13-9-16)15-24-21(26)25(18-6-4-3-5-7-18)20(22-24)17-10-11-17/h3-9,12-13,17H,10-11,14-15H2,1-2H3. The van der Waals surface area contributed by atoms with Gasteiger partial charge in [0.15, 0.2) is 0 Å². The minimum Gasteiger partial charge on any atom is -0.283 e. The van der Waals surface area contributed by atoms with Gasteiger partial charge in [0.25, 0.3) is 0 Å². The summed E-state index contributed by atoms with van der Waals surface area (Å²) >= 11 is 7.56. The number of aromatic nitrogens is 3. The molecule has 0 aliphatic heterocycles. The first-order valence-corrected chi connectivity index (χ1v) is 10.9. The minimum absolute atomic E-state index is 0.539. The van der Waals surface area contributed by atoms with Crippen LogP contribution in [0.1, 0.15) is 30.1 Å². The Balaban J connectivity index is 1.56. The SMILES string of the molecule is CSc1ccc(CN(C)Cn2nc(C3CC3)n(-c3ccccc3)c2=S)cc1. The minimum atomic E-state index is 0.539. The summed E-state index contributed by atoms with van der Waals surface area (Å²) in [6, 6.07) is 19.1. The summed E-state index contributed by atoms with van der Waals surface area (Å²) in [5.41, 5.74) is 2.40. The molecule has 0 bridgehead atoms. The normalized spacial score (nSPS) is 14.0. The quantitative estimate of drug-likeness (QED) is 0.410. The number of thioether (sulfide) groups is 1. The van der Waals surface area contributed by atoms with E-state index in [1.54, 1.807) is 11.8 Å². The molecule has 1 aliphatic rings. The predicted molar refractivity (Wildman–Crippen MR) is 114 cm³/mol. The van der Waals surface area contributed by atoms with Gasteiger partial charge in [0.2, 0.25) is 4.77 Å². The van der Waals surface area contributed by atoms with Gasteiger partial charge in [-0.25, -0.2) is 4.68 Å². The Morgan fingerprint density at radius 3 is 2.44 bits per heavy atom. The Morgan fingerprint density at radius 2 is 1.81 bits per heavy atom. The maximum absolute atomic E-state index is 5.79. The van der Waals surface area contributed by atoms with Crippen LogP contribution in [0, 0.1) is 4.77 Å². The van der Waals surface area contributed by atoms with Crippen LogP contribution in [0.4, 0.5) is 0 Å². The summed E-state index contributed by atoms with van der Waals surface area (Å²) < 4.78 is 4.88. The van der Waals surface area contributed by atoms with Crippen molar-refractivity contribution in [1.82, 2.24) is 19.2 Å². The van der Waals surface area contributed by atoms with E-state index in [0.29, 0.717) is 12.6 Å². The second-order valence-electron chi connectivity index (χ2n) is 7.09. The number of benzene rings is 2. The van der Waals surface area contributed by atoms with Gasteiger partial charge in [-0.15, -0.1) is 11.8 Å². The Morgan fingerprint density at radius 1 is 1.11 bits per heavy atom. The van der Waals surface area contributed by atoms with Crippen LogP contribution in [0.2, 0.25) is 0 Å². The van der Waals surface area contributed by atoms with Gasteiger partial charge in [0.1, 0.15) is 5.82 Å². The van der Waals surface area contributed by atoms with Crippen molar-refractivity contribution in [1.29, 1.82) is 0 Å². The van der Waals surface area contributed by atoms with E-state index in [4.69, 9.17) is 17.3 Å². The van der Waals surface area contributed by atoms with E-state index in [9.17, 15) is 0 Å². The fraction of sp³-hybridized carbons (Fsp3) is 0.333. The average Bonchev–Trinajstić information content (AvgIpc) is 3.48. The van der Waals surface area contributed by atoms with Crippen LogP contribution in [0.5, 0.6) is 0 Å². The van der Waals surface area contributed by atoms with Gasteiger partial charge >= 0.3 is 0 Å². The molecule has 140 valence electrons. The molecule has 0 radical (unpaired) electrons. The van der Waals surface area contributed by atoms with Gasteiger partial charge in [-0.1, -0.05) is 30.3 Å². The highest BCUT2D eigenvalue weighted by molar-refractivity contribution is 7.98. The van der Waals surface area contributed by atoms with Crippen molar-refractivity contribution < 1.29 is 0 Å². The van der Waals surface area contributed by atoms with Gasteiger partial charge < -0.3 is 0 Å². The molecular weight excluding hydrogens is 372 g/mol. The van der Waals surface area contributed by atoms with Crippen LogP contribution in [-0.4, -0.2) is 32.6 Å². The number of hydrogen-bond donors (Lipinski definition) is 0. The van der Waals surface area contributed by atoms with E-state index in [0.717, 1.165) is 22.8 Å². The van der Waals surface area contributed by atoms with Crippen molar-refractivity contribution in [3.8, 4) is 5.69 Å². The highest BCUT2D eigenvalue weighted by Crippen LogP contribution is 2.40. The fourth-order valence-corrected chi connectivity index (χ4v) is 3.97. The molecule has 1 fully saturated rings.